The van der Waals surface area contributed by atoms with Crippen LogP contribution in [-0.2, 0) is 6.42 Å². The molecule has 0 spiro atoms. The van der Waals surface area contributed by atoms with E-state index in [9.17, 15) is 0 Å². The summed E-state index contributed by atoms with van der Waals surface area (Å²) in [5, 5.41) is 1.26. The van der Waals surface area contributed by atoms with Gasteiger partial charge in [-0.1, -0.05) is 104 Å². The molecule has 0 N–H and O–H groups in total. The van der Waals surface area contributed by atoms with Crippen molar-refractivity contribution in [2.45, 2.75) is 12.3 Å². The van der Waals surface area contributed by atoms with Gasteiger partial charge in [-0.3, -0.25) is 9.89 Å². The van der Waals surface area contributed by atoms with Gasteiger partial charge in [0.2, 0.25) is 0 Å². The molecule has 6 aromatic rings. The molecule has 2 aliphatic carbocycles. The molecule has 0 amide bonds. The number of allylic oxidation sites excluding steroid dienone is 7. The Morgan fingerprint density at radius 2 is 1.50 bits per heavy atom. The molecule has 1 aliphatic heterocycles. The van der Waals surface area contributed by atoms with Gasteiger partial charge in [-0.2, -0.15) is 0 Å². The summed E-state index contributed by atoms with van der Waals surface area (Å²) in [4.78, 5) is 17.2. The third kappa shape index (κ3) is 4.76. The van der Waals surface area contributed by atoms with E-state index in [-0.39, 0.29) is 5.92 Å². The van der Waals surface area contributed by atoms with Crippen molar-refractivity contribution in [1.82, 2.24) is 14.5 Å². The molecule has 3 heterocycles. The number of nitrogens with zero attached hydrogens (tertiary/aromatic N) is 5. The predicted molar refractivity (Wildman–Crippen MR) is 198 cm³/mol. The standard InChI is InChI=1S/C43H31N5/c1-29-13-12-24-44-37-23-22-32(33-25-36-35-20-10-11-21-39(35)48(40(36)27-33)34-18-6-3-7-19-34)26-41(37)47(29)42-28-38(30-14-4-2-5-15-30)45-43(46-42)31-16-8-9-17-31/h2-26,28,31H,1,27H2/b13-12-,44-24?. The van der Waals surface area contributed by atoms with Crippen LogP contribution < -0.4 is 4.90 Å². The largest absolute Gasteiger partial charge is 0.313 e. The number of aliphatic imine (C=N–C) groups is 1. The molecule has 0 saturated heterocycles. The topological polar surface area (TPSA) is 46.3 Å². The van der Waals surface area contributed by atoms with Crippen molar-refractivity contribution in [1.29, 1.82) is 0 Å². The quantitative estimate of drug-likeness (QED) is 0.193. The fourth-order valence-electron chi connectivity index (χ4n) is 6.98. The molecule has 0 unspecified atom stereocenters. The van der Waals surface area contributed by atoms with Gasteiger partial charge >= 0.3 is 0 Å². The van der Waals surface area contributed by atoms with Crippen LogP contribution in [0.5, 0.6) is 0 Å². The van der Waals surface area contributed by atoms with Crippen LogP contribution in [-0.4, -0.2) is 20.7 Å². The van der Waals surface area contributed by atoms with Gasteiger partial charge < -0.3 is 4.57 Å². The van der Waals surface area contributed by atoms with Gasteiger partial charge in [-0.15, -0.1) is 0 Å². The van der Waals surface area contributed by atoms with Crippen molar-refractivity contribution in [3.05, 3.63) is 181 Å². The minimum absolute atomic E-state index is 0.00217. The smallest absolute Gasteiger partial charge is 0.142 e. The number of hydrogen-bond donors (Lipinski definition) is 0. The molecule has 0 fully saturated rings. The van der Waals surface area contributed by atoms with Crippen molar-refractivity contribution in [3.63, 3.8) is 0 Å². The van der Waals surface area contributed by atoms with E-state index < -0.39 is 0 Å². The molecule has 48 heavy (non-hydrogen) atoms. The Labute approximate surface area is 279 Å². The molecule has 2 aromatic heterocycles. The molecule has 0 bridgehead atoms. The normalized spacial score (nSPS) is 15.8. The lowest BCUT2D eigenvalue weighted by Gasteiger charge is -2.28. The minimum atomic E-state index is 0.00217. The zero-order chi connectivity index (χ0) is 32.0. The molecule has 5 nitrogen and oxygen atoms in total. The zero-order valence-corrected chi connectivity index (χ0v) is 26.2. The Morgan fingerprint density at radius 1 is 0.729 bits per heavy atom. The van der Waals surface area contributed by atoms with E-state index in [2.05, 4.69) is 137 Å². The zero-order valence-electron chi connectivity index (χ0n) is 26.2. The Kier molecular flexibility index (Phi) is 6.68. The second kappa shape index (κ2) is 11.5. The summed E-state index contributed by atoms with van der Waals surface area (Å²) in [6.07, 6.45) is 17.3. The van der Waals surface area contributed by atoms with Crippen LogP contribution in [0.2, 0.25) is 0 Å². The van der Waals surface area contributed by atoms with Crippen LogP contribution in [0.15, 0.2) is 163 Å². The molecule has 0 saturated carbocycles. The van der Waals surface area contributed by atoms with Gasteiger partial charge in [-0.05, 0) is 59.7 Å². The molecular formula is C43H31N5. The third-order valence-electron chi connectivity index (χ3n) is 9.24. The predicted octanol–water partition coefficient (Wildman–Crippen LogP) is 10.3. The van der Waals surface area contributed by atoms with Crippen molar-refractivity contribution in [2.24, 2.45) is 4.99 Å². The number of benzene rings is 4. The number of anilines is 2. The molecule has 9 rings (SSSR count). The van der Waals surface area contributed by atoms with Gasteiger partial charge in [0.15, 0.2) is 0 Å². The lowest BCUT2D eigenvalue weighted by molar-refractivity contribution is 0.909. The van der Waals surface area contributed by atoms with E-state index in [4.69, 9.17) is 15.0 Å². The van der Waals surface area contributed by atoms with Gasteiger partial charge in [0.25, 0.3) is 0 Å². The highest BCUT2D eigenvalue weighted by atomic mass is 15.2. The van der Waals surface area contributed by atoms with E-state index in [1.54, 1.807) is 0 Å². The summed E-state index contributed by atoms with van der Waals surface area (Å²) < 4.78 is 2.41. The van der Waals surface area contributed by atoms with Crippen LogP contribution in [0, 0.1) is 0 Å². The maximum absolute atomic E-state index is 5.16. The SMILES string of the molecule is C=C1/C=C\C=Nc2ccc(C3=Cc4c(n(-c5ccccc5)c5ccccc45)C3)cc2N1c1cc(-c2ccccc2)nc(C2C=CC=C2)n1. The Morgan fingerprint density at radius 3 is 2.33 bits per heavy atom. The molecule has 4 aromatic carbocycles. The molecule has 228 valence electrons. The minimum Gasteiger partial charge on any atom is -0.313 e. The number of hydrogen-bond acceptors (Lipinski definition) is 4. The van der Waals surface area contributed by atoms with E-state index >= 15 is 0 Å². The first-order valence-corrected chi connectivity index (χ1v) is 16.2. The highest BCUT2D eigenvalue weighted by Gasteiger charge is 2.26. The fourth-order valence-corrected chi connectivity index (χ4v) is 6.98. The molecular weight excluding hydrogens is 587 g/mol. The van der Waals surface area contributed by atoms with Gasteiger partial charge in [0.05, 0.1) is 28.5 Å². The first-order chi connectivity index (χ1) is 23.7. The van der Waals surface area contributed by atoms with Gasteiger partial charge in [0, 0.05) is 52.3 Å². The summed E-state index contributed by atoms with van der Waals surface area (Å²) in [5.41, 5.74) is 11.9. The van der Waals surface area contributed by atoms with E-state index in [0.717, 1.165) is 52.0 Å². The average molecular weight is 618 g/mol. The average Bonchev–Trinajstić information content (AvgIpc) is 3.88. The lowest BCUT2D eigenvalue weighted by Crippen LogP contribution is -2.18. The Balaban J connectivity index is 1.18. The first kappa shape index (κ1) is 27.9. The molecule has 3 aliphatic rings. The molecule has 0 radical (unpaired) electrons. The van der Waals surface area contributed by atoms with Crippen LogP contribution in [0.4, 0.5) is 17.2 Å². The highest BCUT2D eigenvalue weighted by Crippen LogP contribution is 2.44. The summed E-state index contributed by atoms with van der Waals surface area (Å²) >= 11 is 0. The number of para-hydroxylation sites is 2. The van der Waals surface area contributed by atoms with Crippen LogP contribution in [0.25, 0.3) is 39.5 Å². The Bertz CT molecular complexity index is 2380. The van der Waals surface area contributed by atoms with E-state index in [0.29, 0.717) is 0 Å². The second-order valence-corrected chi connectivity index (χ2v) is 12.2. The third-order valence-corrected chi connectivity index (χ3v) is 9.24. The monoisotopic (exact) mass is 617 g/mol. The van der Waals surface area contributed by atoms with E-state index in [1.807, 2.05) is 36.6 Å². The van der Waals surface area contributed by atoms with Crippen molar-refractivity contribution in [3.8, 4) is 16.9 Å². The van der Waals surface area contributed by atoms with Crippen LogP contribution >= 0.6 is 0 Å². The number of aromatic nitrogens is 3. The lowest BCUT2D eigenvalue weighted by atomic mass is 10.0. The summed E-state index contributed by atoms with van der Waals surface area (Å²) in [6, 6.07) is 38.2. The summed E-state index contributed by atoms with van der Waals surface area (Å²) in [7, 11) is 0. The summed E-state index contributed by atoms with van der Waals surface area (Å²) in [5.74, 6) is 1.50. The maximum atomic E-state index is 5.16. The fraction of sp³-hybridized carbons (Fsp3) is 0.0465. The van der Waals surface area contributed by atoms with Crippen molar-refractivity contribution >= 4 is 46.0 Å². The van der Waals surface area contributed by atoms with Gasteiger partial charge in [0.1, 0.15) is 11.6 Å². The number of fused-ring (bicyclic) bond motifs is 4. The van der Waals surface area contributed by atoms with Crippen molar-refractivity contribution in [2.75, 3.05) is 4.90 Å². The van der Waals surface area contributed by atoms with Crippen LogP contribution in [0.1, 0.15) is 28.6 Å². The maximum Gasteiger partial charge on any atom is 0.142 e. The summed E-state index contributed by atoms with van der Waals surface area (Å²) in [6.45, 7) is 4.50. The van der Waals surface area contributed by atoms with E-state index in [1.165, 1.54) is 33.4 Å². The van der Waals surface area contributed by atoms with Crippen molar-refractivity contribution < 1.29 is 0 Å². The second-order valence-electron chi connectivity index (χ2n) is 12.2. The van der Waals surface area contributed by atoms with Gasteiger partial charge in [-0.25, -0.2) is 9.97 Å². The Hall–Kier alpha value is -6.33. The molecule has 5 heteroatoms. The highest BCUT2D eigenvalue weighted by molar-refractivity contribution is 6.02. The van der Waals surface area contributed by atoms with Crippen LogP contribution in [0.3, 0.4) is 0 Å². The first-order valence-electron chi connectivity index (χ1n) is 16.2. The molecule has 0 atom stereocenters. The number of rotatable bonds is 5.